The zero-order valence-corrected chi connectivity index (χ0v) is 10.6. The van der Waals surface area contributed by atoms with Crippen LogP contribution in [0.2, 0.25) is 0 Å². The van der Waals surface area contributed by atoms with Gasteiger partial charge in [-0.15, -0.1) is 0 Å². The molecule has 6 nitrogen and oxygen atoms in total. The molecule has 1 unspecified atom stereocenters. The average Bonchev–Trinajstić information content (AvgIpc) is 2.46. The highest BCUT2D eigenvalue weighted by atomic mass is 16.6. The molecule has 19 heavy (non-hydrogen) atoms. The molecule has 1 aliphatic rings. The van der Waals surface area contributed by atoms with Crippen LogP contribution in [0.4, 0.5) is 5.69 Å². The van der Waals surface area contributed by atoms with E-state index < -0.39 is 4.92 Å². The zero-order chi connectivity index (χ0) is 13.7. The average molecular weight is 263 g/mol. The fraction of sp³-hybridized carbons (Fsp3) is 0.462. The second-order valence-corrected chi connectivity index (χ2v) is 4.73. The van der Waals surface area contributed by atoms with Crippen molar-refractivity contribution in [2.24, 2.45) is 5.92 Å². The van der Waals surface area contributed by atoms with Gasteiger partial charge in [-0.2, -0.15) is 0 Å². The number of hydrogen-bond donors (Lipinski definition) is 2. The monoisotopic (exact) mass is 263 g/mol. The summed E-state index contributed by atoms with van der Waals surface area (Å²) in [6.07, 6.45) is 2.22. The van der Waals surface area contributed by atoms with Gasteiger partial charge in [0.1, 0.15) is 0 Å². The predicted octanol–water partition coefficient (Wildman–Crippen LogP) is 1.32. The first-order chi connectivity index (χ1) is 9.16. The van der Waals surface area contributed by atoms with E-state index in [2.05, 4.69) is 10.6 Å². The Hall–Kier alpha value is -1.95. The molecular weight excluding hydrogens is 246 g/mol. The van der Waals surface area contributed by atoms with Crippen molar-refractivity contribution in [2.45, 2.75) is 12.8 Å². The minimum absolute atomic E-state index is 0.0630. The van der Waals surface area contributed by atoms with Crippen molar-refractivity contribution in [2.75, 3.05) is 19.6 Å². The molecule has 0 radical (unpaired) electrons. The van der Waals surface area contributed by atoms with Crippen molar-refractivity contribution in [3.8, 4) is 0 Å². The van der Waals surface area contributed by atoms with E-state index in [1.807, 2.05) is 0 Å². The number of nitro groups is 1. The lowest BCUT2D eigenvalue weighted by molar-refractivity contribution is -0.384. The van der Waals surface area contributed by atoms with Crippen LogP contribution in [0.15, 0.2) is 24.3 Å². The summed E-state index contributed by atoms with van der Waals surface area (Å²) in [6.45, 7) is 2.55. The molecule has 0 aliphatic carbocycles. The van der Waals surface area contributed by atoms with Gasteiger partial charge in [-0.3, -0.25) is 14.9 Å². The highest BCUT2D eigenvalue weighted by Gasteiger charge is 2.15. The van der Waals surface area contributed by atoms with Crippen LogP contribution < -0.4 is 10.6 Å². The Morgan fingerprint density at radius 1 is 1.53 bits per heavy atom. The molecule has 0 saturated carbocycles. The summed E-state index contributed by atoms with van der Waals surface area (Å²) in [7, 11) is 0. The Bertz CT molecular complexity index is 470. The first kappa shape index (κ1) is 13.5. The van der Waals surface area contributed by atoms with Gasteiger partial charge < -0.3 is 10.6 Å². The SMILES string of the molecule is O=C(NCC1CCCNC1)c1cccc([N+](=O)[O-])c1. The van der Waals surface area contributed by atoms with E-state index in [0.717, 1.165) is 25.9 Å². The van der Waals surface area contributed by atoms with Gasteiger partial charge in [-0.1, -0.05) is 6.07 Å². The summed E-state index contributed by atoms with van der Waals surface area (Å²) in [5.41, 5.74) is 0.268. The number of rotatable bonds is 4. The number of hydrogen-bond acceptors (Lipinski definition) is 4. The summed E-state index contributed by atoms with van der Waals surface area (Å²) in [4.78, 5) is 22.1. The van der Waals surface area contributed by atoms with Crippen LogP contribution >= 0.6 is 0 Å². The Balaban J connectivity index is 1.92. The first-order valence-corrected chi connectivity index (χ1v) is 6.40. The van der Waals surface area contributed by atoms with E-state index in [1.54, 1.807) is 6.07 Å². The van der Waals surface area contributed by atoms with E-state index in [4.69, 9.17) is 0 Å². The topological polar surface area (TPSA) is 84.3 Å². The fourth-order valence-electron chi connectivity index (χ4n) is 2.20. The van der Waals surface area contributed by atoms with Gasteiger partial charge in [0, 0.05) is 24.2 Å². The van der Waals surface area contributed by atoms with E-state index in [-0.39, 0.29) is 11.6 Å². The van der Waals surface area contributed by atoms with Gasteiger partial charge in [0.25, 0.3) is 11.6 Å². The number of piperidine rings is 1. The molecule has 2 rings (SSSR count). The summed E-state index contributed by atoms with van der Waals surface area (Å²) in [5.74, 6) is 0.186. The van der Waals surface area contributed by atoms with E-state index >= 15 is 0 Å². The zero-order valence-electron chi connectivity index (χ0n) is 10.6. The third-order valence-corrected chi connectivity index (χ3v) is 3.27. The highest BCUT2D eigenvalue weighted by Crippen LogP contribution is 2.13. The van der Waals surface area contributed by atoms with Gasteiger partial charge in [0.2, 0.25) is 0 Å². The quantitative estimate of drug-likeness (QED) is 0.634. The summed E-state index contributed by atoms with van der Waals surface area (Å²) in [6, 6.07) is 5.78. The van der Waals surface area contributed by atoms with Gasteiger partial charge in [-0.05, 0) is 37.9 Å². The Kier molecular flexibility index (Phi) is 4.46. The fourth-order valence-corrected chi connectivity index (χ4v) is 2.20. The normalized spacial score (nSPS) is 18.8. The number of carbonyl (C=O) groups is 1. The van der Waals surface area contributed by atoms with Crippen molar-refractivity contribution < 1.29 is 9.72 Å². The first-order valence-electron chi connectivity index (χ1n) is 6.40. The number of nitrogens with one attached hydrogen (secondary N) is 2. The molecule has 6 heteroatoms. The third kappa shape index (κ3) is 3.75. The summed E-state index contributed by atoms with van der Waals surface area (Å²) in [5, 5.41) is 16.8. The summed E-state index contributed by atoms with van der Waals surface area (Å²) >= 11 is 0. The number of nitrogens with zero attached hydrogens (tertiary/aromatic N) is 1. The molecule has 1 fully saturated rings. The molecule has 0 aromatic heterocycles. The van der Waals surface area contributed by atoms with Gasteiger partial charge in [-0.25, -0.2) is 0 Å². The lowest BCUT2D eigenvalue weighted by Crippen LogP contribution is -2.38. The Labute approximate surface area is 111 Å². The van der Waals surface area contributed by atoms with E-state index in [1.165, 1.54) is 18.2 Å². The molecule has 2 N–H and O–H groups in total. The van der Waals surface area contributed by atoms with Crippen molar-refractivity contribution in [1.82, 2.24) is 10.6 Å². The van der Waals surface area contributed by atoms with Crippen molar-refractivity contribution in [1.29, 1.82) is 0 Å². The number of benzene rings is 1. The standard InChI is InChI=1S/C13H17N3O3/c17-13(15-9-10-3-2-6-14-8-10)11-4-1-5-12(7-11)16(18)19/h1,4-5,7,10,14H,2-3,6,8-9H2,(H,15,17). The molecule has 1 aromatic carbocycles. The lowest BCUT2D eigenvalue weighted by atomic mass is 9.99. The van der Waals surface area contributed by atoms with Crippen molar-refractivity contribution >= 4 is 11.6 Å². The maximum absolute atomic E-state index is 11.9. The second kappa shape index (κ2) is 6.29. The van der Waals surface area contributed by atoms with Crippen LogP contribution in [0.1, 0.15) is 23.2 Å². The Morgan fingerprint density at radius 3 is 3.05 bits per heavy atom. The maximum Gasteiger partial charge on any atom is 0.270 e. The minimum Gasteiger partial charge on any atom is -0.352 e. The molecule has 1 heterocycles. The largest absolute Gasteiger partial charge is 0.352 e. The Morgan fingerprint density at radius 2 is 2.37 bits per heavy atom. The van der Waals surface area contributed by atoms with Crippen molar-refractivity contribution in [3.63, 3.8) is 0 Å². The predicted molar refractivity (Wildman–Crippen MR) is 71.0 cm³/mol. The van der Waals surface area contributed by atoms with Gasteiger partial charge in [0.05, 0.1) is 4.92 Å². The van der Waals surface area contributed by atoms with Crippen LogP contribution in [0.25, 0.3) is 0 Å². The molecule has 0 bridgehead atoms. The number of amides is 1. The van der Waals surface area contributed by atoms with Crippen LogP contribution in [0, 0.1) is 16.0 Å². The molecule has 1 atom stereocenters. The number of carbonyl (C=O) groups excluding carboxylic acids is 1. The van der Waals surface area contributed by atoms with Crippen LogP contribution in [-0.2, 0) is 0 Å². The highest BCUT2D eigenvalue weighted by molar-refractivity contribution is 5.94. The van der Waals surface area contributed by atoms with Crippen molar-refractivity contribution in [3.05, 3.63) is 39.9 Å². The third-order valence-electron chi connectivity index (χ3n) is 3.27. The molecule has 1 saturated heterocycles. The molecule has 1 amide bonds. The molecule has 102 valence electrons. The van der Waals surface area contributed by atoms with Gasteiger partial charge in [0.15, 0.2) is 0 Å². The number of non-ortho nitro benzene ring substituents is 1. The smallest absolute Gasteiger partial charge is 0.270 e. The van der Waals surface area contributed by atoms with E-state index in [9.17, 15) is 14.9 Å². The maximum atomic E-state index is 11.9. The molecule has 0 spiro atoms. The lowest BCUT2D eigenvalue weighted by Gasteiger charge is -2.22. The van der Waals surface area contributed by atoms with E-state index in [0.29, 0.717) is 18.0 Å². The van der Waals surface area contributed by atoms with Gasteiger partial charge >= 0.3 is 0 Å². The minimum atomic E-state index is -0.498. The second-order valence-electron chi connectivity index (χ2n) is 4.73. The van der Waals surface area contributed by atoms with Crippen LogP contribution in [0.3, 0.4) is 0 Å². The van der Waals surface area contributed by atoms with Crippen LogP contribution in [0.5, 0.6) is 0 Å². The molecular formula is C13H17N3O3. The molecule has 1 aliphatic heterocycles. The molecule has 1 aromatic rings. The van der Waals surface area contributed by atoms with Crippen LogP contribution in [-0.4, -0.2) is 30.5 Å². The summed E-state index contributed by atoms with van der Waals surface area (Å²) < 4.78 is 0. The number of nitro benzene ring substituents is 1.